The van der Waals surface area contributed by atoms with Crippen molar-refractivity contribution in [3.63, 3.8) is 0 Å². The molecule has 0 aliphatic rings. The second-order valence-corrected chi connectivity index (χ2v) is 4.08. The van der Waals surface area contributed by atoms with Crippen LogP contribution in [0.15, 0.2) is 6.20 Å². The van der Waals surface area contributed by atoms with Crippen LogP contribution >= 0.6 is 15.9 Å². The Morgan fingerprint density at radius 1 is 1.40 bits per heavy atom. The number of pyridine rings is 1. The number of halogens is 4. The number of hydrogen-bond acceptors (Lipinski definition) is 5. The van der Waals surface area contributed by atoms with Crippen LogP contribution < -0.4 is 9.47 Å². The van der Waals surface area contributed by atoms with E-state index in [1.165, 1.54) is 14.2 Å². The van der Waals surface area contributed by atoms with Crippen LogP contribution in [0.4, 0.5) is 13.2 Å². The lowest BCUT2D eigenvalue weighted by Gasteiger charge is -2.17. The molecule has 0 fully saturated rings. The first-order chi connectivity index (χ1) is 9.32. The SMILES string of the molecule is COC(=O)Cc1ncc(OC)c(OC(F)(F)F)c1CBr. The van der Waals surface area contributed by atoms with Gasteiger partial charge in [0.25, 0.3) is 0 Å². The van der Waals surface area contributed by atoms with Gasteiger partial charge in [0.15, 0.2) is 11.5 Å². The number of esters is 1. The van der Waals surface area contributed by atoms with E-state index in [2.05, 4.69) is 30.4 Å². The summed E-state index contributed by atoms with van der Waals surface area (Å²) in [5.41, 5.74) is 0.195. The third kappa shape index (κ3) is 4.26. The van der Waals surface area contributed by atoms with Gasteiger partial charge in [-0.15, -0.1) is 13.2 Å². The highest BCUT2D eigenvalue weighted by molar-refractivity contribution is 9.08. The van der Waals surface area contributed by atoms with Crippen molar-refractivity contribution >= 4 is 21.9 Å². The molecule has 9 heteroatoms. The van der Waals surface area contributed by atoms with Crippen LogP contribution in [-0.4, -0.2) is 31.5 Å². The lowest BCUT2D eigenvalue weighted by atomic mass is 10.1. The lowest BCUT2D eigenvalue weighted by Crippen LogP contribution is -2.20. The van der Waals surface area contributed by atoms with E-state index in [-0.39, 0.29) is 28.8 Å². The molecule has 1 aromatic rings. The topological polar surface area (TPSA) is 57.7 Å². The zero-order chi connectivity index (χ0) is 15.3. The van der Waals surface area contributed by atoms with Crippen molar-refractivity contribution in [2.24, 2.45) is 0 Å². The molecule has 0 atom stereocenters. The van der Waals surface area contributed by atoms with Crippen LogP contribution in [-0.2, 0) is 21.3 Å². The summed E-state index contributed by atoms with van der Waals surface area (Å²) in [4.78, 5) is 15.1. The summed E-state index contributed by atoms with van der Waals surface area (Å²) in [6.07, 6.45) is -4.09. The van der Waals surface area contributed by atoms with E-state index in [1.807, 2.05) is 0 Å². The van der Waals surface area contributed by atoms with Gasteiger partial charge >= 0.3 is 12.3 Å². The molecule has 1 rings (SSSR count). The molecule has 0 bridgehead atoms. The predicted molar refractivity (Wildman–Crippen MR) is 65.8 cm³/mol. The van der Waals surface area contributed by atoms with Crippen molar-refractivity contribution in [1.29, 1.82) is 0 Å². The Balaban J connectivity index is 3.28. The van der Waals surface area contributed by atoms with Crippen LogP contribution in [0.25, 0.3) is 0 Å². The molecule has 0 saturated heterocycles. The third-order valence-corrected chi connectivity index (χ3v) is 2.86. The van der Waals surface area contributed by atoms with Crippen molar-refractivity contribution in [2.75, 3.05) is 14.2 Å². The van der Waals surface area contributed by atoms with Gasteiger partial charge in [-0.1, -0.05) is 15.9 Å². The molecule has 1 heterocycles. The fourth-order valence-electron chi connectivity index (χ4n) is 1.42. The van der Waals surface area contributed by atoms with Crippen LogP contribution in [0.3, 0.4) is 0 Å². The van der Waals surface area contributed by atoms with Crippen molar-refractivity contribution in [2.45, 2.75) is 18.1 Å². The summed E-state index contributed by atoms with van der Waals surface area (Å²) < 4.78 is 50.5. The van der Waals surface area contributed by atoms with Gasteiger partial charge in [-0.25, -0.2) is 0 Å². The van der Waals surface area contributed by atoms with E-state index in [0.29, 0.717) is 0 Å². The average molecular weight is 358 g/mol. The highest BCUT2D eigenvalue weighted by Gasteiger charge is 2.34. The molecule has 0 amide bonds. The maximum Gasteiger partial charge on any atom is 0.573 e. The summed E-state index contributed by atoms with van der Waals surface area (Å²) in [5.74, 6) is -1.32. The first-order valence-electron chi connectivity index (χ1n) is 5.25. The number of nitrogens with zero attached hydrogens (tertiary/aromatic N) is 1. The maximum atomic E-state index is 12.4. The minimum atomic E-state index is -4.88. The molecular formula is C11H11BrF3NO4. The minimum Gasteiger partial charge on any atom is -0.491 e. The molecule has 1 aromatic heterocycles. The van der Waals surface area contributed by atoms with Gasteiger partial charge in [0.05, 0.1) is 32.5 Å². The quantitative estimate of drug-likeness (QED) is 0.598. The molecule has 0 radical (unpaired) electrons. The summed E-state index contributed by atoms with van der Waals surface area (Å²) >= 11 is 3.05. The molecule has 0 saturated carbocycles. The summed E-state index contributed by atoms with van der Waals surface area (Å²) in [7, 11) is 2.37. The second-order valence-electron chi connectivity index (χ2n) is 3.52. The monoisotopic (exact) mass is 357 g/mol. The number of aromatic nitrogens is 1. The Labute approximate surface area is 121 Å². The maximum absolute atomic E-state index is 12.4. The summed E-state index contributed by atoms with van der Waals surface area (Å²) in [5, 5.41) is 0.00887. The van der Waals surface area contributed by atoms with Crippen LogP contribution in [0, 0.1) is 0 Å². The largest absolute Gasteiger partial charge is 0.573 e. The van der Waals surface area contributed by atoms with E-state index >= 15 is 0 Å². The standard InChI is InChI=1S/C11H11BrF3NO4/c1-18-8-5-16-7(3-9(17)19-2)6(4-12)10(8)20-11(13,14)15/h5H,3-4H2,1-2H3. The normalized spacial score (nSPS) is 11.1. The van der Waals surface area contributed by atoms with Gasteiger partial charge in [-0.3, -0.25) is 9.78 Å². The van der Waals surface area contributed by atoms with Gasteiger partial charge in [0, 0.05) is 10.9 Å². The molecule has 0 aliphatic heterocycles. The van der Waals surface area contributed by atoms with Crippen LogP contribution in [0.5, 0.6) is 11.5 Å². The Kier molecular flexibility index (Phi) is 5.61. The highest BCUT2D eigenvalue weighted by atomic mass is 79.9. The average Bonchev–Trinajstić information content (AvgIpc) is 2.37. The van der Waals surface area contributed by atoms with Gasteiger partial charge in [0.2, 0.25) is 0 Å². The number of hydrogen-bond donors (Lipinski definition) is 0. The number of methoxy groups -OCH3 is 2. The molecule has 112 valence electrons. The number of rotatable bonds is 5. The van der Waals surface area contributed by atoms with E-state index in [9.17, 15) is 18.0 Å². The Hall–Kier alpha value is -1.51. The molecule has 0 aliphatic carbocycles. The Morgan fingerprint density at radius 2 is 2.05 bits per heavy atom. The summed E-state index contributed by atoms with van der Waals surface area (Å²) in [6.45, 7) is 0. The van der Waals surface area contributed by atoms with E-state index < -0.39 is 18.1 Å². The van der Waals surface area contributed by atoms with E-state index in [4.69, 9.17) is 4.74 Å². The predicted octanol–water partition coefficient (Wildman–Crippen LogP) is 2.60. The van der Waals surface area contributed by atoms with Crippen molar-refractivity contribution in [3.8, 4) is 11.5 Å². The molecule has 5 nitrogen and oxygen atoms in total. The molecular weight excluding hydrogens is 347 g/mol. The summed E-state index contributed by atoms with van der Waals surface area (Å²) in [6, 6.07) is 0. The van der Waals surface area contributed by atoms with Crippen LogP contribution in [0.1, 0.15) is 11.3 Å². The third-order valence-electron chi connectivity index (χ3n) is 2.29. The minimum absolute atomic E-state index is 0.00887. The zero-order valence-corrected chi connectivity index (χ0v) is 12.2. The van der Waals surface area contributed by atoms with Gasteiger partial charge < -0.3 is 14.2 Å². The number of alkyl halides is 4. The Bertz CT molecular complexity index is 493. The fraction of sp³-hybridized carbons (Fsp3) is 0.455. The first-order valence-corrected chi connectivity index (χ1v) is 6.37. The second kappa shape index (κ2) is 6.78. The first kappa shape index (κ1) is 16.5. The Morgan fingerprint density at radius 3 is 2.50 bits per heavy atom. The van der Waals surface area contributed by atoms with Crippen molar-refractivity contribution < 1.29 is 32.2 Å². The fourth-order valence-corrected chi connectivity index (χ4v) is 2.00. The number of carbonyl (C=O) groups is 1. The molecule has 0 spiro atoms. The molecule has 0 aromatic carbocycles. The number of ether oxygens (including phenoxy) is 3. The van der Waals surface area contributed by atoms with Gasteiger partial charge in [-0.2, -0.15) is 0 Å². The number of carbonyl (C=O) groups excluding carboxylic acids is 1. The van der Waals surface area contributed by atoms with Gasteiger partial charge in [0.1, 0.15) is 0 Å². The smallest absolute Gasteiger partial charge is 0.491 e. The van der Waals surface area contributed by atoms with Crippen molar-refractivity contribution in [1.82, 2.24) is 4.98 Å². The zero-order valence-electron chi connectivity index (χ0n) is 10.6. The van der Waals surface area contributed by atoms with Crippen molar-refractivity contribution in [3.05, 3.63) is 17.5 Å². The molecule has 0 unspecified atom stereocenters. The van der Waals surface area contributed by atoms with E-state index in [1.54, 1.807) is 0 Å². The van der Waals surface area contributed by atoms with Crippen LogP contribution in [0.2, 0.25) is 0 Å². The molecule has 0 N–H and O–H groups in total. The molecule has 20 heavy (non-hydrogen) atoms. The van der Waals surface area contributed by atoms with E-state index in [0.717, 1.165) is 6.20 Å². The van der Waals surface area contributed by atoms with Gasteiger partial charge in [-0.05, 0) is 0 Å². The highest BCUT2D eigenvalue weighted by Crippen LogP contribution is 2.37. The lowest BCUT2D eigenvalue weighted by molar-refractivity contribution is -0.275.